The Morgan fingerprint density at radius 2 is 2.10 bits per heavy atom. The van der Waals surface area contributed by atoms with Crippen molar-refractivity contribution in [1.29, 1.82) is 0 Å². The number of thiazole rings is 2. The zero-order valence-corrected chi connectivity index (χ0v) is 11.5. The molecule has 3 heterocycles. The Bertz CT molecular complexity index is 910. The smallest absolute Gasteiger partial charge is 0.313 e. The summed E-state index contributed by atoms with van der Waals surface area (Å²) in [5.74, 6) is -0.387. The van der Waals surface area contributed by atoms with Crippen LogP contribution in [0.3, 0.4) is 0 Å². The average molecular weight is 302 g/mol. The average Bonchev–Trinajstić information content (AvgIpc) is 3.17. The van der Waals surface area contributed by atoms with Crippen molar-refractivity contribution < 1.29 is 9.21 Å². The summed E-state index contributed by atoms with van der Waals surface area (Å²) in [6, 6.07) is 3.82. The molecule has 4 rings (SSSR count). The minimum absolute atomic E-state index is 0.0205. The second kappa shape index (κ2) is 4.36. The monoisotopic (exact) mass is 302 g/mol. The largest absolute Gasteiger partial charge is 0.441 e. The number of anilines is 1. The molecule has 98 valence electrons. The number of nitrogens with one attached hydrogen (secondary N) is 1. The second-order valence-electron chi connectivity index (χ2n) is 3.92. The minimum Gasteiger partial charge on any atom is -0.441 e. The van der Waals surface area contributed by atoms with Crippen molar-refractivity contribution in [2.45, 2.75) is 0 Å². The van der Waals surface area contributed by atoms with E-state index in [1.165, 1.54) is 23.8 Å². The summed E-state index contributed by atoms with van der Waals surface area (Å²) >= 11 is 2.98. The van der Waals surface area contributed by atoms with E-state index in [0.29, 0.717) is 5.13 Å². The number of benzene rings is 1. The lowest BCUT2D eigenvalue weighted by atomic mass is 10.3. The van der Waals surface area contributed by atoms with E-state index >= 15 is 0 Å². The number of hydrogen-bond acceptors (Lipinski definition) is 7. The lowest BCUT2D eigenvalue weighted by Gasteiger charge is -1.95. The molecule has 1 aromatic carbocycles. The number of fused-ring (bicyclic) bond motifs is 3. The van der Waals surface area contributed by atoms with E-state index in [2.05, 4.69) is 20.3 Å². The molecule has 6 nitrogen and oxygen atoms in total. The molecule has 0 saturated carbocycles. The third kappa shape index (κ3) is 1.77. The van der Waals surface area contributed by atoms with Crippen LogP contribution >= 0.6 is 22.7 Å². The first-order valence-electron chi connectivity index (χ1n) is 5.65. The van der Waals surface area contributed by atoms with Gasteiger partial charge in [0.1, 0.15) is 6.26 Å². The fourth-order valence-corrected chi connectivity index (χ4v) is 3.74. The first-order valence-corrected chi connectivity index (χ1v) is 7.34. The second-order valence-corrected chi connectivity index (χ2v) is 5.78. The van der Waals surface area contributed by atoms with Gasteiger partial charge in [0.15, 0.2) is 5.13 Å². The summed E-state index contributed by atoms with van der Waals surface area (Å²) in [6.45, 7) is 0. The number of amides is 1. The molecule has 4 aromatic rings. The molecule has 0 aliphatic heterocycles. The van der Waals surface area contributed by atoms with Gasteiger partial charge in [-0.25, -0.2) is 15.0 Å². The van der Waals surface area contributed by atoms with Crippen LogP contribution in [-0.2, 0) is 0 Å². The maximum atomic E-state index is 11.9. The van der Waals surface area contributed by atoms with Crippen LogP contribution in [0, 0.1) is 0 Å². The van der Waals surface area contributed by atoms with Crippen molar-refractivity contribution in [3.8, 4) is 0 Å². The molecule has 0 aliphatic rings. The minimum atomic E-state index is -0.408. The maximum absolute atomic E-state index is 11.9. The number of hydrogen-bond donors (Lipinski definition) is 1. The molecule has 0 unspecified atom stereocenters. The molecule has 1 amide bonds. The van der Waals surface area contributed by atoms with Crippen LogP contribution in [0.4, 0.5) is 5.13 Å². The molecule has 0 spiro atoms. The van der Waals surface area contributed by atoms with Gasteiger partial charge in [0.2, 0.25) is 0 Å². The molecule has 0 aliphatic carbocycles. The van der Waals surface area contributed by atoms with Gasteiger partial charge in [-0.15, -0.1) is 11.3 Å². The Hall–Kier alpha value is -2.32. The van der Waals surface area contributed by atoms with Gasteiger partial charge in [0.05, 0.1) is 32.1 Å². The summed E-state index contributed by atoms with van der Waals surface area (Å²) in [6.07, 6.45) is 2.78. The van der Waals surface area contributed by atoms with E-state index < -0.39 is 5.91 Å². The number of rotatable bonds is 2. The summed E-state index contributed by atoms with van der Waals surface area (Å²) < 4.78 is 7.05. The van der Waals surface area contributed by atoms with Crippen LogP contribution in [0.2, 0.25) is 0 Å². The van der Waals surface area contributed by atoms with Crippen LogP contribution in [-0.4, -0.2) is 20.9 Å². The van der Waals surface area contributed by atoms with Crippen LogP contribution < -0.4 is 5.32 Å². The Morgan fingerprint density at radius 1 is 1.20 bits per heavy atom. The van der Waals surface area contributed by atoms with E-state index in [0.717, 1.165) is 20.4 Å². The van der Waals surface area contributed by atoms with Crippen molar-refractivity contribution in [2.24, 2.45) is 0 Å². The van der Waals surface area contributed by atoms with E-state index in [9.17, 15) is 4.79 Å². The molecule has 8 heteroatoms. The maximum Gasteiger partial charge on any atom is 0.313 e. The van der Waals surface area contributed by atoms with Gasteiger partial charge in [0.25, 0.3) is 5.89 Å². The summed E-state index contributed by atoms with van der Waals surface area (Å²) in [7, 11) is 0. The van der Waals surface area contributed by atoms with Crippen molar-refractivity contribution in [3.63, 3.8) is 0 Å². The molecule has 0 atom stereocenters. The summed E-state index contributed by atoms with van der Waals surface area (Å²) in [5, 5.41) is 3.20. The Morgan fingerprint density at radius 3 is 2.95 bits per heavy atom. The predicted molar refractivity (Wildman–Crippen MR) is 77.3 cm³/mol. The van der Waals surface area contributed by atoms with Crippen LogP contribution in [0.1, 0.15) is 10.7 Å². The fourth-order valence-electron chi connectivity index (χ4n) is 1.85. The van der Waals surface area contributed by atoms with Crippen molar-refractivity contribution in [1.82, 2.24) is 15.0 Å². The first-order chi connectivity index (χ1) is 9.81. The molecule has 1 N–H and O–H groups in total. The van der Waals surface area contributed by atoms with E-state index in [1.54, 1.807) is 16.8 Å². The van der Waals surface area contributed by atoms with Gasteiger partial charge in [0, 0.05) is 0 Å². The molecule has 20 heavy (non-hydrogen) atoms. The number of carbonyl (C=O) groups is 1. The van der Waals surface area contributed by atoms with Crippen LogP contribution in [0.5, 0.6) is 0 Å². The van der Waals surface area contributed by atoms with E-state index in [4.69, 9.17) is 4.42 Å². The van der Waals surface area contributed by atoms with Gasteiger partial charge in [-0.3, -0.25) is 10.1 Å². The first kappa shape index (κ1) is 11.5. The zero-order chi connectivity index (χ0) is 13.5. The van der Waals surface area contributed by atoms with Gasteiger partial charge in [-0.2, -0.15) is 0 Å². The highest BCUT2D eigenvalue weighted by molar-refractivity contribution is 7.28. The lowest BCUT2D eigenvalue weighted by Crippen LogP contribution is -2.11. The molecule has 3 aromatic heterocycles. The predicted octanol–water partition coefficient (Wildman–Crippen LogP) is 3.15. The van der Waals surface area contributed by atoms with Crippen molar-refractivity contribution in [2.75, 3.05) is 5.32 Å². The highest BCUT2D eigenvalue weighted by atomic mass is 32.1. The Labute approximate surface area is 120 Å². The summed E-state index contributed by atoms with van der Waals surface area (Å²) in [5.41, 5.74) is 3.58. The highest BCUT2D eigenvalue weighted by Gasteiger charge is 2.15. The Balaban J connectivity index is 1.75. The molecule has 0 bridgehead atoms. The topological polar surface area (TPSA) is 80.9 Å². The zero-order valence-electron chi connectivity index (χ0n) is 9.86. The van der Waals surface area contributed by atoms with Crippen LogP contribution in [0.15, 0.2) is 34.5 Å². The van der Waals surface area contributed by atoms with Gasteiger partial charge in [-0.05, 0) is 12.1 Å². The van der Waals surface area contributed by atoms with Gasteiger partial charge >= 0.3 is 5.91 Å². The highest BCUT2D eigenvalue weighted by Crippen LogP contribution is 2.34. The molecule has 0 fully saturated rings. The third-order valence-electron chi connectivity index (χ3n) is 2.70. The van der Waals surface area contributed by atoms with Gasteiger partial charge in [-0.1, -0.05) is 11.3 Å². The normalized spacial score (nSPS) is 11.2. The standard InChI is InChI=1S/C12H6N4O2S2/c17-10(11-13-3-4-18-11)16-12-15-7-2-1-6-8(9(7)20-12)19-5-14-6/h1-5H,(H,15,16,17). The molecular formula is C12H6N4O2S2. The quantitative estimate of drug-likeness (QED) is 0.615. The van der Waals surface area contributed by atoms with E-state index in [1.807, 2.05) is 12.1 Å². The van der Waals surface area contributed by atoms with Crippen molar-refractivity contribution >= 4 is 54.1 Å². The SMILES string of the molecule is O=C(Nc1nc2ccc3ncsc3c2s1)c1ncco1. The fraction of sp³-hybridized carbons (Fsp3) is 0. The van der Waals surface area contributed by atoms with Gasteiger partial charge < -0.3 is 4.42 Å². The number of nitrogens with zero attached hydrogens (tertiary/aromatic N) is 3. The third-order valence-corrected chi connectivity index (χ3v) is 4.69. The van der Waals surface area contributed by atoms with Crippen LogP contribution in [0.25, 0.3) is 20.4 Å². The number of oxazole rings is 1. The Kier molecular flexibility index (Phi) is 2.51. The summed E-state index contributed by atoms with van der Waals surface area (Å²) in [4.78, 5) is 24.3. The lowest BCUT2D eigenvalue weighted by molar-refractivity contribution is 0.0990. The molecule has 0 saturated heterocycles. The number of carbonyl (C=O) groups excluding carboxylic acids is 1. The van der Waals surface area contributed by atoms with E-state index in [-0.39, 0.29) is 5.89 Å². The number of aromatic nitrogens is 3. The molecule has 0 radical (unpaired) electrons. The van der Waals surface area contributed by atoms with Crippen molar-refractivity contribution in [3.05, 3.63) is 36.0 Å². The molecular weight excluding hydrogens is 296 g/mol.